The first-order chi connectivity index (χ1) is 18.0. The van der Waals surface area contributed by atoms with Crippen molar-refractivity contribution >= 4 is 29.2 Å². The van der Waals surface area contributed by atoms with E-state index in [2.05, 4.69) is 20.1 Å². The number of nitrogens with one attached hydrogen (secondary N) is 1. The van der Waals surface area contributed by atoms with E-state index < -0.39 is 0 Å². The number of aromatic nitrogens is 2. The number of benzene rings is 2. The number of halogens is 1. The van der Waals surface area contributed by atoms with Crippen molar-refractivity contribution in [2.75, 3.05) is 49.1 Å². The monoisotopic (exact) mass is 521 g/mol. The quantitative estimate of drug-likeness (QED) is 0.347. The molecule has 2 saturated heterocycles. The van der Waals surface area contributed by atoms with E-state index in [1.807, 2.05) is 49.4 Å². The van der Waals surface area contributed by atoms with Crippen LogP contribution in [0.4, 0.5) is 15.9 Å². The highest BCUT2D eigenvalue weighted by atomic mass is 32.2. The van der Waals surface area contributed by atoms with Gasteiger partial charge in [-0.15, -0.1) is 0 Å². The number of ether oxygens (including phenoxy) is 1. The SMILES string of the molecule is Cc1cc(N2CCN(c3ccccc3F)CC2)nc(SCc2ccc(C(=O)NC[C@@H]3CCCO3)cc2)n1. The lowest BCUT2D eigenvalue weighted by Gasteiger charge is -2.37. The summed E-state index contributed by atoms with van der Waals surface area (Å²) < 4.78 is 19.7. The Hall–Kier alpha value is -3.17. The second-order valence-corrected chi connectivity index (χ2v) is 10.3. The molecule has 0 bridgehead atoms. The van der Waals surface area contributed by atoms with Crippen LogP contribution < -0.4 is 15.1 Å². The third kappa shape index (κ3) is 6.59. The normalized spacial score (nSPS) is 17.7. The minimum Gasteiger partial charge on any atom is -0.376 e. The fourth-order valence-corrected chi connectivity index (χ4v) is 5.51. The predicted molar refractivity (Wildman–Crippen MR) is 145 cm³/mol. The molecule has 3 heterocycles. The molecule has 194 valence electrons. The molecule has 0 spiro atoms. The Morgan fingerprint density at radius 3 is 2.57 bits per heavy atom. The van der Waals surface area contributed by atoms with Crippen LogP contribution in [0.15, 0.2) is 59.8 Å². The van der Waals surface area contributed by atoms with Crippen LogP contribution in [0.5, 0.6) is 0 Å². The Bertz CT molecular complexity index is 1210. The van der Waals surface area contributed by atoms with E-state index in [4.69, 9.17) is 9.72 Å². The maximum atomic E-state index is 14.2. The molecule has 1 atom stereocenters. The number of carbonyl (C=O) groups excluding carboxylic acids is 1. The van der Waals surface area contributed by atoms with E-state index in [0.29, 0.717) is 23.5 Å². The number of hydrogen-bond acceptors (Lipinski definition) is 7. The molecule has 0 unspecified atom stereocenters. The fraction of sp³-hybridized carbons (Fsp3) is 0.393. The number of amides is 1. The Kier molecular flexibility index (Phi) is 8.21. The summed E-state index contributed by atoms with van der Waals surface area (Å²) in [6, 6.07) is 16.6. The fourth-order valence-electron chi connectivity index (χ4n) is 4.65. The topological polar surface area (TPSA) is 70.6 Å². The van der Waals surface area contributed by atoms with Gasteiger partial charge >= 0.3 is 0 Å². The molecule has 2 aromatic carbocycles. The zero-order valence-corrected chi connectivity index (χ0v) is 21.8. The number of piperazine rings is 1. The molecular weight excluding hydrogens is 489 g/mol. The van der Waals surface area contributed by atoms with Gasteiger partial charge in [-0.1, -0.05) is 36.0 Å². The lowest BCUT2D eigenvalue weighted by molar-refractivity contribution is 0.0858. The van der Waals surface area contributed by atoms with Crippen LogP contribution in [-0.2, 0) is 10.5 Å². The van der Waals surface area contributed by atoms with Crippen LogP contribution >= 0.6 is 11.8 Å². The summed E-state index contributed by atoms with van der Waals surface area (Å²) in [5.74, 6) is 1.36. The molecule has 2 aliphatic heterocycles. The largest absolute Gasteiger partial charge is 0.376 e. The first-order valence-corrected chi connectivity index (χ1v) is 13.8. The van der Waals surface area contributed by atoms with Gasteiger partial charge in [0.1, 0.15) is 11.6 Å². The standard InChI is InChI=1S/C28H32FN5O2S/c1-20-17-26(34-14-12-33(13-15-34)25-7-3-2-6-24(25)29)32-28(31-20)37-19-21-8-10-22(11-9-21)27(35)30-18-23-5-4-16-36-23/h2-3,6-11,17,23H,4-5,12-16,18-19H2,1H3,(H,30,35)/t23-/m0/s1. The highest BCUT2D eigenvalue weighted by molar-refractivity contribution is 7.98. The van der Waals surface area contributed by atoms with E-state index in [1.54, 1.807) is 17.8 Å². The molecule has 7 nitrogen and oxygen atoms in total. The molecule has 1 N–H and O–H groups in total. The van der Waals surface area contributed by atoms with Crippen LogP contribution in [0.25, 0.3) is 0 Å². The van der Waals surface area contributed by atoms with Gasteiger partial charge in [0.25, 0.3) is 5.91 Å². The number of para-hydroxylation sites is 1. The summed E-state index contributed by atoms with van der Waals surface area (Å²) in [6.45, 7) is 6.33. The van der Waals surface area contributed by atoms with Crippen molar-refractivity contribution < 1.29 is 13.9 Å². The highest BCUT2D eigenvalue weighted by Crippen LogP contribution is 2.25. The number of aryl methyl sites for hydroxylation is 1. The van der Waals surface area contributed by atoms with Gasteiger partial charge in [0.2, 0.25) is 0 Å². The highest BCUT2D eigenvalue weighted by Gasteiger charge is 2.21. The van der Waals surface area contributed by atoms with E-state index >= 15 is 0 Å². The molecule has 1 amide bonds. The third-order valence-electron chi connectivity index (χ3n) is 6.72. The molecule has 0 aliphatic carbocycles. The number of anilines is 2. The van der Waals surface area contributed by atoms with Crippen molar-refractivity contribution in [2.45, 2.75) is 36.8 Å². The molecular formula is C28H32FN5O2S. The van der Waals surface area contributed by atoms with E-state index in [0.717, 1.165) is 67.9 Å². The van der Waals surface area contributed by atoms with Gasteiger partial charge in [0, 0.05) is 62.4 Å². The average Bonchev–Trinajstić information content (AvgIpc) is 3.45. The smallest absolute Gasteiger partial charge is 0.251 e. The van der Waals surface area contributed by atoms with Gasteiger partial charge in [-0.2, -0.15) is 0 Å². The summed E-state index contributed by atoms with van der Waals surface area (Å²) in [6.07, 6.45) is 2.20. The van der Waals surface area contributed by atoms with E-state index in [-0.39, 0.29) is 17.8 Å². The zero-order chi connectivity index (χ0) is 25.6. The minimum absolute atomic E-state index is 0.0727. The van der Waals surface area contributed by atoms with Crippen molar-refractivity contribution in [1.82, 2.24) is 15.3 Å². The summed E-state index contributed by atoms with van der Waals surface area (Å²) in [5, 5.41) is 3.69. The second-order valence-electron chi connectivity index (χ2n) is 9.41. The van der Waals surface area contributed by atoms with Crippen molar-refractivity contribution in [3.8, 4) is 0 Å². The van der Waals surface area contributed by atoms with Crippen LogP contribution in [0, 0.1) is 12.7 Å². The summed E-state index contributed by atoms with van der Waals surface area (Å²) in [4.78, 5) is 26.2. The number of nitrogens with zero attached hydrogens (tertiary/aromatic N) is 4. The van der Waals surface area contributed by atoms with Gasteiger partial charge in [-0.3, -0.25) is 4.79 Å². The van der Waals surface area contributed by atoms with Crippen LogP contribution in [0.1, 0.15) is 34.5 Å². The van der Waals surface area contributed by atoms with Crippen molar-refractivity contribution in [1.29, 1.82) is 0 Å². The van der Waals surface area contributed by atoms with Gasteiger partial charge in [-0.05, 0) is 49.6 Å². The van der Waals surface area contributed by atoms with Gasteiger partial charge in [0.15, 0.2) is 5.16 Å². The van der Waals surface area contributed by atoms with E-state index in [9.17, 15) is 9.18 Å². The Morgan fingerprint density at radius 1 is 1.08 bits per heavy atom. The number of carbonyl (C=O) groups is 1. The predicted octanol–water partition coefficient (Wildman–Crippen LogP) is 4.45. The molecule has 5 rings (SSSR count). The number of hydrogen-bond donors (Lipinski definition) is 1. The minimum atomic E-state index is -0.181. The Morgan fingerprint density at radius 2 is 1.84 bits per heavy atom. The summed E-state index contributed by atoms with van der Waals surface area (Å²) in [7, 11) is 0. The van der Waals surface area contributed by atoms with Gasteiger partial charge in [-0.25, -0.2) is 14.4 Å². The average molecular weight is 522 g/mol. The summed E-state index contributed by atoms with van der Waals surface area (Å²) >= 11 is 1.58. The van der Waals surface area contributed by atoms with Crippen molar-refractivity contribution in [3.05, 3.63) is 77.2 Å². The zero-order valence-electron chi connectivity index (χ0n) is 21.0. The Balaban J connectivity index is 1.14. The first kappa shape index (κ1) is 25.5. The first-order valence-electron chi connectivity index (χ1n) is 12.8. The van der Waals surface area contributed by atoms with Gasteiger partial charge < -0.3 is 19.9 Å². The van der Waals surface area contributed by atoms with Crippen LogP contribution in [-0.4, -0.2) is 61.3 Å². The lowest BCUT2D eigenvalue weighted by Crippen LogP contribution is -2.47. The number of rotatable bonds is 8. The van der Waals surface area contributed by atoms with Crippen LogP contribution in [0.2, 0.25) is 0 Å². The van der Waals surface area contributed by atoms with Crippen molar-refractivity contribution in [2.24, 2.45) is 0 Å². The molecule has 0 saturated carbocycles. The molecule has 9 heteroatoms. The lowest BCUT2D eigenvalue weighted by atomic mass is 10.1. The maximum Gasteiger partial charge on any atom is 0.251 e. The van der Waals surface area contributed by atoms with Crippen molar-refractivity contribution in [3.63, 3.8) is 0 Å². The molecule has 3 aromatic rings. The number of thioether (sulfide) groups is 1. The maximum absolute atomic E-state index is 14.2. The summed E-state index contributed by atoms with van der Waals surface area (Å²) in [5.41, 5.74) is 3.33. The van der Waals surface area contributed by atoms with Crippen LogP contribution in [0.3, 0.4) is 0 Å². The molecule has 2 aliphatic rings. The second kappa shape index (κ2) is 11.9. The molecule has 1 aromatic heterocycles. The molecule has 2 fully saturated rings. The van der Waals surface area contributed by atoms with E-state index in [1.165, 1.54) is 6.07 Å². The third-order valence-corrected chi connectivity index (χ3v) is 7.63. The molecule has 37 heavy (non-hydrogen) atoms. The van der Waals surface area contributed by atoms with Gasteiger partial charge in [0.05, 0.1) is 11.8 Å². The Labute approximate surface area is 221 Å². The molecule has 0 radical (unpaired) electrons.